The Labute approximate surface area is 128 Å². The van der Waals surface area contributed by atoms with Crippen molar-refractivity contribution in [3.8, 4) is 0 Å². The quantitative estimate of drug-likeness (QED) is 0.681. The summed E-state index contributed by atoms with van der Waals surface area (Å²) >= 11 is 6.00. The van der Waals surface area contributed by atoms with Crippen molar-refractivity contribution in [2.24, 2.45) is 5.10 Å². The fourth-order valence-electron chi connectivity index (χ4n) is 1.83. The number of methoxy groups -OCH3 is 1. The zero-order chi connectivity index (χ0) is 15.1. The Hall–Kier alpha value is -2.17. The zero-order valence-corrected chi connectivity index (χ0v) is 12.2. The molecule has 0 radical (unpaired) electrons. The van der Waals surface area contributed by atoms with E-state index in [9.17, 15) is 4.79 Å². The minimum atomic E-state index is -0.699. The maximum Gasteiger partial charge on any atom is 0.273 e. The maximum atomic E-state index is 12.1. The smallest absolute Gasteiger partial charge is 0.273 e. The molecule has 2 aromatic carbocycles. The second-order valence-electron chi connectivity index (χ2n) is 4.28. The number of rotatable bonds is 5. The largest absolute Gasteiger partial charge is 0.367 e. The molecule has 1 N–H and O–H groups in total. The molecule has 0 heterocycles. The topological polar surface area (TPSA) is 50.7 Å². The molecule has 0 saturated carbocycles. The van der Waals surface area contributed by atoms with Crippen LogP contribution in [0.25, 0.3) is 0 Å². The summed E-state index contributed by atoms with van der Waals surface area (Å²) in [6.07, 6.45) is 0.799. The van der Waals surface area contributed by atoms with Crippen molar-refractivity contribution in [1.29, 1.82) is 0 Å². The van der Waals surface area contributed by atoms with E-state index in [0.29, 0.717) is 5.02 Å². The molecule has 1 amide bonds. The highest BCUT2D eigenvalue weighted by Crippen LogP contribution is 2.16. The molecule has 2 aromatic rings. The Bertz CT molecular complexity index is 629. The van der Waals surface area contributed by atoms with Crippen LogP contribution < -0.4 is 5.43 Å². The van der Waals surface area contributed by atoms with Gasteiger partial charge in [-0.15, -0.1) is 0 Å². The molecule has 0 aliphatic heterocycles. The second-order valence-corrected chi connectivity index (χ2v) is 4.69. The van der Waals surface area contributed by atoms with Crippen LogP contribution >= 0.6 is 11.6 Å². The number of nitrogens with zero attached hydrogens (tertiary/aromatic N) is 1. The van der Waals surface area contributed by atoms with Crippen LogP contribution in [0.3, 0.4) is 0 Å². The predicted molar refractivity (Wildman–Crippen MR) is 83.4 cm³/mol. The monoisotopic (exact) mass is 302 g/mol. The Balaban J connectivity index is 2.02. The number of hydrogen-bond acceptors (Lipinski definition) is 3. The van der Waals surface area contributed by atoms with Gasteiger partial charge >= 0.3 is 0 Å². The van der Waals surface area contributed by atoms with E-state index in [-0.39, 0.29) is 5.91 Å². The lowest BCUT2D eigenvalue weighted by atomic mass is 10.1. The first-order valence-electron chi connectivity index (χ1n) is 6.37. The Morgan fingerprint density at radius 3 is 2.52 bits per heavy atom. The van der Waals surface area contributed by atoms with Gasteiger partial charge in [-0.2, -0.15) is 5.10 Å². The van der Waals surface area contributed by atoms with Crippen LogP contribution in [-0.4, -0.2) is 19.2 Å². The second kappa shape index (κ2) is 7.57. The number of hydrogen-bond donors (Lipinski definition) is 1. The number of carbonyl (C=O) groups excluding carboxylic acids is 1. The van der Waals surface area contributed by atoms with E-state index in [2.05, 4.69) is 10.5 Å². The number of amides is 1. The molecule has 2 rings (SSSR count). The molecule has 0 fully saturated rings. The van der Waals surface area contributed by atoms with E-state index in [1.807, 2.05) is 48.5 Å². The standard InChI is InChI=1S/C16H15ClN2O2/c1-21-15(12-7-3-2-4-8-12)16(20)19-18-11-13-9-5-6-10-14(13)17/h2-11,15H,1H3,(H,19,20)/b18-11-/t15-/m0/s1. The highest BCUT2D eigenvalue weighted by molar-refractivity contribution is 6.33. The fourth-order valence-corrected chi connectivity index (χ4v) is 2.01. The van der Waals surface area contributed by atoms with E-state index >= 15 is 0 Å². The van der Waals surface area contributed by atoms with Crippen molar-refractivity contribution in [3.05, 3.63) is 70.7 Å². The van der Waals surface area contributed by atoms with Crippen LogP contribution in [0.15, 0.2) is 59.7 Å². The zero-order valence-electron chi connectivity index (χ0n) is 11.5. The van der Waals surface area contributed by atoms with E-state index in [1.54, 1.807) is 6.07 Å². The van der Waals surface area contributed by atoms with Crippen molar-refractivity contribution in [3.63, 3.8) is 0 Å². The van der Waals surface area contributed by atoms with Crippen molar-refractivity contribution < 1.29 is 9.53 Å². The number of hydrazone groups is 1. The van der Waals surface area contributed by atoms with Crippen molar-refractivity contribution in [2.75, 3.05) is 7.11 Å². The van der Waals surface area contributed by atoms with Crippen LogP contribution in [0.4, 0.5) is 0 Å². The van der Waals surface area contributed by atoms with Gasteiger partial charge in [0.1, 0.15) is 0 Å². The summed E-state index contributed by atoms with van der Waals surface area (Å²) < 4.78 is 5.21. The fraction of sp³-hybridized carbons (Fsp3) is 0.125. The highest BCUT2D eigenvalue weighted by atomic mass is 35.5. The molecule has 21 heavy (non-hydrogen) atoms. The SMILES string of the molecule is CO[C@H](C(=O)N/N=C\c1ccccc1Cl)c1ccccc1. The molecule has 0 saturated heterocycles. The number of halogens is 1. The third-order valence-corrected chi connectivity index (χ3v) is 3.20. The van der Waals surface area contributed by atoms with Gasteiger partial charge in [-0.05, 0) is 11.6 Å². The van der Waals surface area contributed by atoms with Gasteiger partial charge in [-0.1, -0.05) is 60.1 Å². The molecule has 0 unspecified atom stereocenters. The number of ether oxygens (including phenoxy) is 1. The molecule has 4 nitrogen and oxygen atoms in total. The average molecular weight is 303 g/mol. The van der Waals surface area contributed by atoms with Gasteiger partial charge in [-0.3, -0.25) is 4.79 Å². The molecular weight excluding hydrogens is 288 g/mol. The average Bonchev–Trinajstić information content (AvgIpc) is 2.51. The minimum absolute atomic E-state index is 0.341. The summed E-state index contributed by atoms with van der Waals surface area (Å²) in [5.74, 6) is -0.341. The van der Waals surface area contributed by atoms with Crippen molar-refractivity contribution in [2.45, 2.75) is 6.10 Å². The number of nitrogens with one attached hydrogen (secondary N) is 1. The Morgan fingerprint density at radius 1 is 1.19 bits per heavy atom. The molecular formula is C16H15ClN2O2. The van der Waals surface area contributed by atoms with Crippen LogP contribution in [-0.2, 0) is 9.53 Å². The van der Waals surface area contributed by atoms with E-state index in [1.165, 1.54) is 13.3 Å². The maximum absolute atomic E-state index is 12.1. The van der Waals surface area contributed by atoms with Gasteiger partial charge in [0.15, 0.2) is 6.10 Å². The summed E-state index contributed by atoms with van der Waals surface area (Å²) in [7, 11) is 1.48. The van der Waals surface area contributed by atoms with Crippen LogP contribution in [0, 0.1) is 0 Å². The number of carbonyl (C=O) groups is 1. The molecule has 5 heteroatoms. The lowest BCUT2D eigenvalue weighted by Gasteiger charge is -2.13. The molecule has 0 spiro atoms. The van der Waals surface area contributed by atoms with Gasteiger partial charge in [0, 0.05) is 17.7 Å². The molecule has 108 valence electrons. The third kappa shape index (κ3) is 4.15. The lowest BCUT2D eigenvalue weighted by molar-refractivity contribution is -0.131. The summed E-state index contributed by atoms with van der Waals surface area (Å²) in [5.41, 5.74) is 3.95. The first-order valence-corrected chi connectivity index (χ1v) is 6.75. The van der Waals surface area contributed by atoms with E-state index in [4.69, 9.17) is 16.3 Å². The molecule has 0 bridgehead atoms. The minimum Gasteiger partial charge on any atom is -0.367 e. The predicted octanol–water partition coefficient (Wildman–Crippen LogP) is 3.18. The van der Waals surface area contributed by atoms with Gasteiger partial charge in [0.05, 0.1) is 6.21 Å². The summed E-state index contributed by atoms with van der Waals surface area (Å²) in [6.45, 7) is 0. The first-order chi connectivity index (χ1) is 10.2. The van der Waals surface area contributed by atoms with Crippen molar-refractivity contribution >= 4 is 23.7 Å². The Kier molecular flexibility index (Phi) is 5.49. The highest BCUT2D eigenvalue weighted by Gasteiger charge is 2.18. The Morgan fingerprint density at radius 2 is 1.86 bits per heavy atom. The molecule has 0 aromatic heterocycles. The normalized spacial score (nSPS) is 12.3. The van der Waals surface area contributed by atoms with Crippen LogP contribution in [0.1, 0.15) is 17.2 Å². The molecule has 1 atom stereocenters. The van der Waals surface area contributed by atoms with Gasteiger partial charge in [-0.25, -0.2) is 5.43 Å². The molecule has 0 aliphatic rings. The molecule has 0 aliphatic carbocycles. The van der Waals surface area contributed by atoms with Crippen LogP contribution in [0.5, 0.6) is 0 Å². The van der Waals surface area contributed by atoms with Crippen LogP contribution in [0.2, 0.25) is 5.02 Å². The van der Waals surface area contributed by atoms with E-state index in [0.717, 1.165) is 11.1 Å². The lowest BCUT2D eigenvalue weighted by Crippen LogP contribution is -2.26. The summed E-state index contributed by atoms with van der Waals surface area (Å²) in [6, 6.07) is 16.5. The van der Waals surface area contributed by atoms with Crippen molar-refractivity contribution in [1.82, 2.24) is 5.43 Å². The van der Waals surface area contributed by atoms with Gasteiger partial charge < -0.3 is 4.74 Å². The summed E-state index contributed by atoms with van der Waals surface area (Å²) in [4.78, 5) is 12.1. The third-order valence-electron chi connectivity index (χ3n) is 2.86. The first kappa shape index (κ1) is 15.2. The summed E-state index contributed by atoms with van der Waals surface area (Å²) in [5, 5.41) is 4.48. The van der Waals surface area contributed by atoms with E-state index < -0.39 is 6.10 Å². The number of benzene rings is 2. The van der Waals surface area contributed by atoms with Gasteiger partial charge in [0.25, 0.3) is 5.91 Å². The van der Waals surface area contributed by atoms with Gasteiger partial charge in [0.2, 0.25) is 0 Å².